The number of hydrogen-bond donors (Lipinski definition) is 1. The van der Waals surface area contributed by atoms with Gasteiger partial charge in [-0.1, -0.05) is 15.9 Å². The van der Waals surface area contributed by atoms with E-state index in [1.165, 1.54) is 13.2 Å². The van der Waals surface area contributed by atoms with Crippen LogP contribution in [0.4, 0.5) is 0 Å². The maximum Gasteiger partial charge on any atom is 0.320 e. The van der Waals surface area contributed by atoms with Crippen LogP contribution in [0, 0.1) is 0 Å². The van der Waals surface area contributed by atoms with Crippen molar-refractivity contribution in [2.75, 3.05) is 13.7 Å². The lowest BCUT2D eigenvalue weighted by Gasteiger charge is -2.07. The van der Waals surface area contributed by atoms with Gasteiger partial charge in [-0.25, -0.2) is 8.42 Å². The minimum absolute atomic E-state index is 0.0598. The van der Waals surface area contributed by atoms with Gasteiger partial charge in [-0.05, 0) is 34.1 Å². The first-order valence-corrected chi connectivity index (χ1v) is 7.45. The van der Waals surface area contributed by atoms with Crippen molar-refractivity contribution in [1.82, 2.24) is 4.72 Å². The van der Waals surface area contributed by atoms with E-state index in [1.54, 1.807) is 12.1 Å². The van der Waals surface area contributed by atoms with Gasteiger partial charge in [-0.2, -0.15) is 4.72 Å². The van der Waals surface area contributed by atoms with Crippen molar-refractivity contribution >= 4 is 47.9 Å². The Hall–Kier alpha value is -0.440. The maximum atomic E-state index is 11.8. The van der Waals surface area contributed by atoms with E-state index < -0.39 is 22.5 Å². The Bertz CT molecular complexity index is 530. The van der Waals surface area contributed by atoms with Crippen LogP contribution in [-0.4, -0.2) is 28.0 Å². The third-order valence-electron chi connectivity index (χ3n) is 1.82. The van der Waals surface area contributed by atoms with Gasteiger partial charge in [-0.15, -0.1) is 0 Å². The molecule has 8 heteroatoms. The zero-order chi connectivity index (χ0) is 13.1. The summed E-state index contributed by atoms with van der Waals surface area (Å²) in [5, 5.41) is 0. The second-order valence-corrected chi connectivity index (χ2v) is 6.48. The summed E-state index contributed by atoms with van der Waals surface area (Å²) in [6, 6.07) is 4.62. The van der Waals surface area contributed by atoms with Crippen molar-refractivity contribution in [1.29, 1.82) is 0 Å². The number of esters is 1. The number of ether oxygens (including phenoxy) is 1. The fourth-order valence-electron chi connectivity index (χ4n) is 0.997. The van der Waals surface area contributed by atoms with Crippen LogP contribution in [-0.2, 0) is 19.6 Å². The molecule has 1 aromatic carbocycles. The normalized spacial score (nSPS) is 11.2. The third kappa shape index (κ3) is 4.06. The number of carbonyl (C=O) groups excluding carboxylic acids is 1. The molecule has 94 valence electrons. The molecule has 0 aliphatic rings. The van der Waals surface area contributed by atoms with Gasteiger partial charge < -0.3 is 4.74 Å². The quantitative estimate of drug-likeness (QED) is 0.798. The summed E-state index contributed by atoms with van der Waals surface area (Å²) in [5.74, 6) is -0.651. The van der Waals surface area contributed by atoms with Gasteiger partial charge in [0.2, 0.25) is 10.0 Å². The largest absolute Gasteiger partial charge is 0.468 e. The van der Waals surface area contributed by atoms with E-state index in [2.05, 4.69) is 41.3 Å². The van der Waals surface area contributed by atoms with Crippen molar-refractivity contribution in [3.63, 3.8) is 0 Å². The molecule has 1 rings (SSSR count). The van der Waals surface area contributed by atoms with Crippen LogP contribution >= 0.6 is 31.9 Å². The van der Waals surface area contributed by atoms with Crippen LogP contribution in [0.15, 0.2) is 32.0 Å². The molecule has 0 spiro atoms. The molecule has 0 heterocycles. The number of methoxy groups -OCH3 is 1. The van der Waals surface area contributed by atoms with Crippen LogP contribution in [0.1, 0.15) is 0 Å². The van der Waals surface area contributed by atoms with Gasteiger partial charge >= 0.3 is 5.97 Å². The molecule has 0 bridgehead atoms. The molecule has 1 aromatic rings. The second kappa shape index (κ2) is 5.94. The highest BCUT2D eigenvalue weighted by atomic mass is 79.9. The summed E-state index contributed by atoms with van der Waals surface area (Å²) in [7, 11) is -2.54. The van der Waals surface area contributed by atoms with Gasteiger partial charge in [0.1, 0.15) is 6.54 Å². The fraction of sp³-hybridized carbons (Fsp3) is 0.222. The number of rotatable bonds is 4. The smallest absolute Gasteiger partial charge is 0.320 e. The van der Waals surface area contributed by atoms with Crippen molar-refractivity contribution in [2.24, 2.45) is 0 Å². The Kier molecular flexibility index (Phi) is 5.11. The van der Waals surface area contributed by atoms with Crippen molar-refractivity contribution < 1.29 is 17.9 Å². The Balaban J connectivity index is 2.94. The van der Waals surface area contributed by atoms with E-state index in [0.29, 0.717) is 4.47 Å². The minimum atomic E-state index is -3.73. The molecular formula is C9H9Br2NO4S. The topological polar surface area (TPSA) is 72.5 Å². The van der Waals surface area contributed by atoms with Crippen LogP contribution < -0.4 is 4.72 Å². The summed E-state index contributed by atoms with van der Waals surface area (Å²) in [6.07, 6.45) is 0. The lowest BCUT2D eigenvalue weighted by atomic mass is 10.4. The maximum absolute atomic E-state index is 11.8. The standard InChI is InChI=1S/C9H9Br2NO4S/c1-16-9(13)5-12-17(14,15)8-3-2-6(10)4-7(8)11/h2-4,12H,5H2,1H3. The lowest BCUT2D eigenvalue weighted by Crippen LogP contribution is -2.30. The minimum Gasteiger partial charge on any atom is -0.468 e. The van der Waals surface area contributed by atoms with Crippen molar-refractivity contribution in [2.45, 2.75) is 4.90 Å². The van der Waals surface area contributed by atoms with E-state index in [1.807, 2.05) is 0 Å². The second-order valence-electron chi connectivity index (χ2n) is 2.98. The van der Waals surface area contributed by atoms with E-state index in [0.717, 1.165) is 4.47 Å². The van der Waals surface area contributed by atoms with Crippen LogP contribution in [0.25, 0.3) is 0 Å². The average Bonchev–Trinajstić information content (AvgIpc) is 2.25. The highest BCUT2D eigenvalue weighted by molar-refractivity contribution is 9.11. The predicted molar refractivity (Wildman–Crippen MR) is 69.0 cm³/mol. The lowest BCUT2D eigenvalue weighted by molar-refractivity contribution is -0.139. The van der Waals surface area contributed by atoms with Gasteiger partial charge in [0.15, 0.2) is 0 Å². The molecular weight excluding hydrogens is 378 g/mol. The molecule has 1 N–H and O–H groups in total. The highest BCUT2D eigenvalue weighted by Gasteiger charge is 2.18. The Morgan fingerprint density at radius 1 is 1.41 bits per heavy atom. The van der Waals surface area contributed by atoms with Gasteiger partial charge in [0, 0.05) is 8.95 Å². The van der Waals surface area contributed by atoms with Crippen LogP contribution in [0.3, 0.4) is 0 Å². The van der Waals surface area contributed by atoms with Crippen LogP contribution in [0.2, 0.25) is 0 Å². The SMILES string of the molecule is COC(=O)CNS(=O)(=O)c1ccc(Br)cc1Br. The number of carbonyl (C=O) groups is 1. The number of hydrogen-bond acceptors (Lipinski definition) is 4. The first kappa shape index (κ1) is 14.6. The molecule has 0 saturated carbocycles. The Labute approximate surface area is 116 Å². The molecule has 0 atom stereocenters. The van der Waals surface area contributed by atoms with E-state index in [4.69, 9.17) is 0 Å². The molecule has 0 aliphatic heterocycles. The molecule has 0 aromatic heterocycles. The average molecular weight is 387 g/mol. The Morgan fingerprint density at radius 3 is 2.59 bits per heavy atom. The van der Waals surface area contributed by atoms with E-state index >= 15 is 0 Å². The number of halogens is 2. The molecule has 17 heavy (non-hydrogen) atoms. The van der Waals surface area contributed by atoms with E-state index in [-0.39, 0.29) is 4.90 Å². The summed E-state index contributed by atoms with van der Waals surface area (Å²) < 4.78 is 31.3. The third-order valence-corrected chi connectivity index (χ3v) is 4.69. The van der Waals surface area contributed by atoms with Gasteiger partial charge in [-0.3, -0.25) is 4.79 Å². The van der Waals surface area contributed by atoms with Crippen molar-refractivity contribution in [3.05, 3.63) is 27.1 Å². The molecule has 0 amide bonds. The predicted octanol–water partition coefficient (Wildman–Crippen LogP) is 1.66. The summed E-state index contributed by atoms with van der Waals surface area (Å²) in [5.41, 5.74) is 0. The van der Waals surface area contributed by atoms with Crippen LogP contribution in [0.5, 0.6) is 0 Å². The van der Waals surface area contributed by atoms with E-state index in [9.17, 15) is 13.2 Å². The van der Waals surface area contributed by atoms with Crippen molar-refractivity contribution in [3.8, 4) is 0 Å². The highest BCUT2D eigenvalue weighted by Crippen LogP contribution is 2.25. The molecule has 0 saturated heterocycles. The molecule has 0 radical (unpaired) electrons. The first-order valence-electron chi connectivity index (χ1n) is 4.38. The first-order chi connectivity index (χ1) is 7.86. The van der Waals surface area contributed by atoms with Gasteiger partial charge in [0.25, 0.3) is 0 Å². The summed E-state index contributed by atoms with van der Waals surface area (Å²) >= 11 is 6.36. The number of nitrogens with one attached hydrogen (secondary N) is 1. The molecule has 0 fully saturated rings. The van der Waals surface area contributed by atoms with Gasteiger partial charge in [0.05, 0.1) is 12.0 Å². The zero-order valence-corrected chi connectivity index (χ0v) is 12.7. The summed E-state index contributed by atoms with van der Waals surface area (Å²) in [6.45, 7) is -0.401. The molecule has 0 aliphatic carbocycles. The number of benzene rings is 1. The Morgan fingerprint density at radius 2 is 2.06 bits per heavy atom. The molecule has 0 unspecified atom stereocenters. The molecule has 5 nitrogen and oxygen atoms in total. The number of sulfonamides is 1. The zero-order valence-electron chi connectivity index (χ0n) is 8.74. The monoisotopic (exact) mass is 385 g/mol. The summed E-state index contributed by atoms with van der Waals surface area (Å²) in [4.78, 5) is 10.9. The fourth-order valence-corrected chi connectivity index (χ4v) is 3.71.